The van der Waals surface area contributed by atoms with Gasteiger partial charge in [0.1, 0.15) is 5.75 Å². The second-order valence-corrected chi connectivity index (χ2v) is 7.99. The highest BCUT2D eigenvalue weighted by Gasteiger charge is 2.18. The van der Waals surface area contributed by atoms with E-state index in [1.165, 1.54) is 0 Å². The first-order valence-electron chi connectivity index (χ1n) is 10.7. The molecule has 1 aliphatic rings. The van der Waals surface area contributed by atoms with Gasteiger partial charge in [-0.1, -0.05) is 30.3 Å². The van der Waals surface area contributed by atoms with Crippen LogP contribution in [-0.4, -0.2) is 26.0 Å². The van der Waals surface area contributed by atoms with E-state index in [1.807, 2.05) is 74.5 Å². The Morgan fingerprint density at radius 1 is 0.969 bits per heavy atom. The molecule has 3 aromatic rings. The van der Waals surface area contributed by atoms with E-state index < -0.39 is 0 Å². The highest BCUT2D eigenvalue weighted by atomic mass is 16.7. The predicted molar refractivity (Wildman–Crippen MR) is 125 cm³/mol. The Morgan fingerprint density at radius 2 is 1.69 bits per heavy atom. The van der Waals surface area contributed by atoms with Gasteiger partial charge in [-0.3, -0.25) is 0 Å². The van der Waals surface area contributed by atoms with Crippen molar-refractivity contribution in [1.29, 1.82) is 0 Å². The molecule has 166 valence electrons. The zero-order valence-corrected chi connectivity index (χ0v) is 18.6. The summed E-state index contributed by atoms with van der Waals surface area (Å²) in [6.45, 7) is 4.28. The molecular weight excluding hydrogens is 404 g/mol. The molecule has 0 saturated carbocycles. The van der Waals surface area contributed by atoms with Crippen molar-refractivity contribution in [2.75, 3.05) is 19.2 Å². The topological polar surface area (TPSA) is 68.8 Å². The van der Waals surface area contributed by atoms with E-state index in [0.29, 0.717) is 12.8 Å². The van der Waals surface area contributed by atoms with Crippen LogP contribution in [0.15, 0.2) is 60.7 Å². The minimum atomic E-state index is -0.224. The monoisotopic (exact) mass is 432 g/mol. The number of hydrogen-bond acceptors (Lipinski definition) is 4. The van der Waals surface area contributed by atoms with Crippen molar-refractivity contribution < 1.29 is 19.0 Å². The Labute approximate surface area is 188 Å². The third-order valence-corrected chi connectivity index (χ3v) is 5.75. The number of rotatable bonds is 7. The Bertz CT molecular complexity index is 1100. The summed E-state index contributed by atoms with van der Waals surface area (Å²) < 4.78 is 16.2. The molecule has 2 amide bonds. The lowest BCUT2D eigenvalue weighted by atomic mass is 9.98. The number of urea groups is 1. The number of carbonyl (C=O) groups is 1. The van der Waals surface area contributed by atoms with Gasteiger partial charge >= 0.3 is 6.03 Å². The van der Waals surface area contributed by atoms with Crippen LogP contribution >= 0.6 is 0 Å². The van der Waals surface area contributed by atoms with Gasteiger partial charge in [0.2, 0.25) is 6.79 Å². The van der Waals surface area contributed by atoms with Crippen molar-refractivity contribution in [2.24, 2.45) is 0 Å². The molecule has 1 atom stereocenters. The Hall–Kier alpha value is -3.67. The SMILES string of the molecule is COc1ccc(C[C@H](Cc2ccc3c(c2)OCO3)NC(=O)Nc2cccc(C)c2C)cc1. The number of amides is 2. The molecule has 0 radical (unpaired) electrons. The molecule has 32 heavy (non-hydrogen) atoms. The van der Waals surface area contributed by atoms with Crippen LogP contribution in [0.25, 0.3) is 0 Å². The van der Waals surface area contributed by atoms with E-state index in [0.717, 1.165) is 45.2 Å². The number of hydrogen-bond donors (Lipinski definition) is 2. The van der Waals surface area contributed by atoms with E-state index in [-0.39, 0.29) is 18.9 Å². The van der Waals surface area contributed by atoms with Gasteiger partial charge in [0.15, 0.2) is 11.5 Å². The number of anilines is 1. The quantitative estimate of drug-likeness (QED) is 0.550. The lowest BCUT2D eigenvalue weighted by molar-refractivity contribution is 0.174. The summed E-state index contributed by atoms with van der Waals surface area (Å²) in [5, 5.41) is 6.15. The van der Waals surface area contributed by atoms with Crippen LogP contribution in [0.1, 0.15) is 22.3 Å². The van der Waals surface area contributed by atoms with Gasteiger partial charge in [-0.2, -0.15) is 0 Å². The Morgan fingerprint density at radius 3 is 2.47 bits per heavy atom. The summed E-state index contributed by atoms with van der Waals surface area (Å²) in [6.07, 6.45) is 1.33. The van der Waals surface area contributed by atoms with Gasteiger partial charge < -0.3 is 24.8 Å². The van der Waals surface area contributed by atoms with Gasteiger partial charge in [-0.15, -0.1) is 0 Å². The summed E-state index contributed by atoms with van der Waals surface area (Å²) in [5.74, 6) is 2.30. The molecule has 0 spiro atoms. The molecule has 0 bridgehead atoms. The molecule has 3 aromatic carbocycles. The fourth-order valence-electron chi connectivity index (χ4n) is 3.80. The van der Waals surface area contributed by atoms with E-state index in [4.69, 9.17) is 14.2 Å². The fourth-order valence-corrected chi connectivity index (χ4v) is 3.80. The number of methoxy groups -OCH3 is 1. The van der Waals surface area contributed by atoms with Crippen LogP contribution in [0.5, 0.6) is 17.2 Å². The molecule has 6 heteroatoms. The first-order valence-corrected chi connectivity index (χ1v) is 10.7. The second kappa shape index (κ2) is 9.64. The standard InChI is InChI=1S/C26H28N2O4/c1-17-5-4-6-23(18(17)2)28-26(29)27-21(13-19-7-10-22(30-3)11-8-19)14-20-9-12-24-25(15-20)32-16-31-24/h4-12,15,21H,13-14,16H2,1-3H3,(H2,27,28,29)/t21-/m1/s1. The molecule has 4 rings (SSSR count). The summed E-state index contributed by atoms with van der Waals surface area (Å²) in [5.41, 5.74) is 5.19. The third-order valence-electron chi connectivity index (χ3n) is 5.75. The van der Waals surface area contributed by atoms with E-state index in [9.17, 15) is 4.79 Å². The van der Waals surface area contributed by atoms with Crippen molar-refractivity contribution >= 4 is 11.7 Å². The summed E-state index contributed by atoms with van der Waals surface area (Å²) in [6, 6.07) is 19.4. The minimum Gasteiger partial charge on any atom is -0.497 e. The van der Waals surface area contributed by atoms with Gasteiger partial charge in [0.25, 0.3) is 0 Å². The van der Waals surface area contributed by atoms with Crippen LogP contribution in [0.2, 0.25) is 0 Å². The van der Waals surface area contributed by atoms with Crippen LogP contribution in [-0.2, 0) is 12.8 Å². The maximum atomic E-state index is 12.9. The molecule has 1 aliphatic heterocycles. The lowest BCUT2D eigenvalue weighted by Gasteiger charge is -2.21. The average Bonchev–Trinajstić information content (AvgIpc) is 3.25. The molecule has 6 nitrogen and oxygen atoms in total. The molecule has 0 aliphatic carbocycles. The lowest BCUT2D eigenvalue weighted by Crippen LogP contribution is -2.40. The van der Waals surface area contributed by atoms with Crippen molar-refractivity contribution in [1.82, 2.24) is 5.32 Å². The fraction of sp³-hybridized carbons (Fsp3) is 0.269. The summed E-state index contributed by atoms with van der Waals surface area (Å²) in [4.78, 5) is 12.9. The second-order valence-electron chi connectivity index (χ2n) is 7.99. The van der Waals surface area contributed by atoms with Crippen LogP contribution in [0.3, 0.4) is 0 Å². The van der Waals surface area contributed by atoms with Crippen LogP contribution in [0, 0.1) is 13.8 Å². The molecule has 2 N–H and O–H groups in total. The molecule has 0 saturated heterocycles. The number of carbonyl (C=O) groups excluding carboxylic acids is 1. The van der Waals surface area contributed by atoms with Gasteiger partial charge in [-0.25, -0.2) is 4.79 Å². The van der Waals surface area contributed by atoms with Gasteiger partial charge in [0.05, 0.1) is 7.11 Å². The Balaban J connectivity index is 1.50. The van der Waals surface area contributed by atoms with Gasteiger partial charge in [0, 0.05) is 11.7 Å². The predicted octanol–water partition coefficient (Wildman–Crippen LogP) is 5.02. The number of nitrogens with one attached hydrogen (secondary N) is 2. The number of aryl methyl sites for hydroxylation is 1. The highest BCUT2D eigenvalue weighted by molar-refractivity contribution is 5.90. The first kappa shape index (κ1) is 21.6. The normalized spacial score (nSPS) is 12.8. The smallest absolute Gasteiger partial charge is 0.319 e. The van der Waals surface area contributed by atoms with E-state index in [2.05, 4.69) is 10.6 Å². The maximum absolute atomic E-state index is 12.9. The first-order chi connectivity index (χ1) is 15.5. The van der Waals surface area contributed by atoms with Crippen LogP contribution in [0.4, 0.5) is 10.5 Å². The van der Waals surface area contributed by atoms with E-state index >= 15 is 0 Å². The van der Waals surface area contributed by atoms with Gasteiger partial charge in [-0.05, 0) is 79.3 Å². The minimum absolute atomic E-state index is 0.117. The van der Waals surface area contributed by atoms with Crippen LogP contribution < -0.4 is 24.8 Å². The largest absolute Gasteiger partial charge is 0.497 e. The van der Waals surface area contributed by atoms with Crippen molar-refractivity contribution in [2.45, 2.75) is 32.7 Å². The average molecular weight is 433 g/mol. The zero-order chi connectivity index (χ0) is 22.5. The molecule has 0 unspecified atom stereocenters. The molecular formula is C26H28N2O4. The number of benzene rings is 3. The van der Waals surface area contributed by atoms with Crippen molar-refractivity contribution in [3.63, 3.8) is 0 Å². The summed E-state index contributed by atoms with van der Waals surface area (Å²) >= 11 is 0. The molecule has 1 heterocycles. The summed E-state index contributed by atoms with van der Waals surface area (Å²) in [7, 11) is 1.65. The van der Waals surface area contributed by atoms with E-state index in [1.54, 1.807) is 7.11 Å². The maximum Gasteiger partial charge on any atom is 0.319 e. The van der Waals surface area contributed by atoms with Crippen molar-refractivity contribution in [3.8, 4) is 17.2 Å². The third kappa shape index (κ3) is 5.14. The number of fused-ring (bicyclic) bond motifs is 1. The molecule has 0 aromatic heterocycles. The Kier molecular flexibility index (Phi) is 6.50. The number of ether oxygens (including phenoxy) is 3. The molecule has 0 fully saturated rings. The van der Waals surface area contributed by atoms with Crippen molar-refractivity contribution in [3.05, 3.63) is 82.9 Å². The highest BCUT2D eigenvalue weighted by Crippen LogP contribution is 2.33. The zero-order valence-electron chi connectivity index (χ0n) is 18.6.